The molecule has 0 radical (unpaired) electrons. The van der Waals surface area contributed by atoms with Gasteiger partial charge in [-0.25, -0.2) is 17.6 Å². The van der Waals surface area contributed by atoms with Gasteiger partial charge in [0, 0.05) is 11.1 Å². The monoisotopic (exact) mass is 504 g/mol. The summed E-state index contributed by atoms with van der Waals surface area (Å²) >= 11 is 0. The summed E-state index contributed by atoms with van der Waals surface area (Å²) in [4.78, 5) is 0. The van der Waals surface area contributed by atoms with Crippen molar-refractivity contribution in [3.05, 3.63) is 94.6 Å². The predicted octanol–water partition coefficient (Wildman–Crippen LogP) is 7.55. The molecule has 4 nitrogen and oxygen atoms in total. The molecule has 0 amide bonds. The van der Waals surface area contributed by atoms with Crippen LogP contribution in [0.2, 0.25) is 0 Å². The summed E-state index contributed by atoms with van der Waals surface area (Å²) in [7, 11) is 0. The van der Waals surface area contributed by atoms with Gasteiger partial charge in [-0.2, -0.15) is 8.78 Å². The molecule has 10 heteroatoms. The fraction of sp³-hybridized carbons (Fsp3) is 0.0769. The summed E-state index contributed by atoms with van der Waals surface area (Å²) < 4.78 is 94.7. The van der Waals surface area contributed by atoms with Gasteiger partial charge in [0.05, 0.1) is 0 Å². The van der Waals surface area contributed by atoms with Crippen molar-refractivity contribution in [2.45, 2.75) is 13.8 Å². The van der Waals surface area contributed by atoms with E-state index in [1.54, 1.807) is 24.3 Å². The van der Waals surface area contributed by atoms with Crippen molar-refractivity contribution in [1.29, 1.82) is 0 Å². The van der Waals surface area contributed by atoms with Crippen LogP contribution in [0.4, 0.5) is 37.7 Å². The second-order valence-corrected chi connectivity index (χ2v) is 7.87. The van der Waals surface area contributed by atoms with Crippen LogP contribution in [-0.4, -0.2) is 0 Å². The van der Waals surface area contributed by atoms with Gasteiger partial charge in [-0.3, -0.25) is 0 Å². The largest absolute Gasteiger partial charge is 0.454 e. The van der Waals surface area contributed by atoms with E-state index < -0.39 is 57.8 Å². The number of ether oxygens (including phenoxy) is 2. The molecule has 0 saturated heterocycles. The number of hydrogen-bond donors (Lipinski definition) is 2. The molecule has 0 bridgehead atoms. The van der Waals surface area contributed by atoms with E-state index in [4.69, 9.17) is 20.9 Å². The van der Waals surface area contributed by atoms with Gasteiger partial charge in [-0.1, -0.05) is 24.3 Å². The van der Waals surface area contributed by atoms with Gasteiger partial charge in [0.15, 0.2) is 34.8 Å². The highest BCUT2D eigenvalue weighted by atomic mass is 19.2. The summed E-state index contributed by atoms with van der Waals surface area (Å²) in [6.07, 6.45) is 0. The third-order valence-corrected chi connectivity index (χ3v) is 5.55. The highest BCUT2D eigenvalue weighted by Crippen LogP contribution is 2.37. The summed E-state index contributed by atoms with van der Waals surface area (Å²) in [6, 6.07) is 12.3. The number of benzene rings is 4. The van der Waals surface area contributed by atoms with Crippen molar-refractivity contribution in [3.8, 4) is 34.1 Å². The molecule has 0 aromatic heterocycles. The van der Waals surface area contributed by atoms with Crippen molar-refractivity contribution in [2.24, 2.45) is 0 Å². The standard InChI is InChI=1S/C26H18F6N2O2/c1-11-17(27)23(33)19(29)21(31)25(11)35-15-7-3-13(4-8-15)14-5-9-16(10-6-14)36-26-12(2)18(28)24(34)20(30)22(26)32/h3-10H,33-34H2,1-2H3. The second kappa shape index (κ2) is 9.37. The van der Waals surface area contributed by atoms with Crippen LogP contribution in [-0.2, 0) is 0 Å². The van der Waals surface area contributed by atoms with E-state index in [0.717, 1.165) is 0 Å². The summed E-state index contributed by atoms with van der Waals surface area (Å²) in [5.41, 5.74) is 9.35. The van der Waals surface area contributed by atoms with Crippen molar-refractivity contribution in [3.63, 3.8) is 0 Å². The van der Waals surface area contributed by atoms with Crippen LogP contribution in [0.5, 0.6) is 23.0 Å². The number of halogens is 6. The van der Waals surface area contributed by atoms with Crippen molar-refractivity contribution >= 4 is 11.4 Å². The lowest BCUT2D eigenvalue weighted by atomic mass is 10.1. The van der Waals surface area contributed by atoms with Crippen molar-refractivity contribution < 1.29 is 35.8 Å². The predicted molar refractivity (Wildman–Crippen MR) is 123 cm³/mol. The Morgan fingerprint density at radius 1 is 0.472 bits per heavy atom. The molecular weight excluding hydrogens is 486 g/mol. The molecule has 0 atom stereocenters. The molecule has 4 aromatic carbocycles. The first kappa shape index (κ1) is 24.8. The maximum atomic E-state index is 14.2. The van der Waals surface area contributed by atoms with E-state index in [0.29, 0.717) is 11.1 Å². The van der Waals surface area contributed by atoms with Crippen LogP contribution in [0.25, 0.3) is 11.1 Å². The molecule has 0 spiro atoms. The van der Waals surface area contributed by atoms with Crippen molar-refractivity contribution in [2.75, 3.05) is 11.5 Å². The summed E-state index contributed by atoms with van der Waals surface area (Å²) in [6.45, 7) is 2.42. The van der Waals surface area contributed by atoms with E-state index in [1.807, 2.05) is 0 Å². The van der Waals surface area contributed by atoms with Crippen LogP contribution in [0.1, 0.15) is 11.1 Å². The molecule has 0 unspecified atom stereocenters. The number of nitrogen functional groups attached to an aromatic ring is 2. The second-order valence-electron chi connectivity index (χ2n) is 7.87. The summed E-state index contributed by atoms with van der Waals surface area (Å²) in [5, 5.41) is 0. The Kier molecular flexibility index (Phi) is 6.45. The zero-order chi connectivity index (χ0) is 26.3. The molecule has 0 saturated carbocycles. The topological polar surface area (TPSA) is 70.5 Å². The van der Waals surface area contributed by atoms with Gasteiger partial charge in [0.1, 0.15) is 22.9 Å². The Hall–Kier alpha value is -4.34. The van der Waals surface area contributed by atoms with Crippen LogP contribution in [0.15, 0.2) is 48.5 Å². The minimum Gasteiger partial charge on any atom is -0.454 e. The minimum absolute atomic E-state index is 0.114. The third-order valence-electron chi connectivity index (χ3n) is 5.55. The Labute approximate surface area is 201 Å². The number of hydrogen-bond acceptors (Lipinski definition) is 4. The molecule has 0 aliphatic heterocycles. The number of rotatable bonds is 5. The zero-order valence-corrected chi connectivity index (χ0v) is 18.9. The van der Waals surface area contributed by atoms with E-state index >= 15 is 0 Å². The quantitative estimate of drug-likeness (QED) is 0.167. The fourth-order valence-electron chi connectivity index (χ4n) is 3.47. The minimum atomic E-state index is -1.54. The lowest BCUT2D eigenvalue weighted by Gasteiger charge is -2.14. The molecule has 36 heavy (non-hydrogen) atoms. The number of nitrogens with two attached hydrogens (primary N) is 2. The van der Waals surface area contributed by atoms with E-state index in [2.05, 4.69) is 0 Å². The number of anilines is 2. The molecule has 0 aliphatic rings. The summed E-state index contributed by atoms with van der Waals surface area (Å²) in [5.74, 6) is -9.11. The normalized spacial score (nSPS) is 11.0. The van der Waals surface area contributed by atoms with Crippen LogP contribution < -0.4 is 20.9 Å². The van der Waals surface area contributed by atoms with E-state index in [9.17, 15) is 26.3 Å². The average Bonchev–Trinajstić information content (AvgIpc) is 2.89. The Bertz CT molecular complexity index is 1300. The maximum absolute atomic E-state index is 14.2. The van der Waals surface area contributed by atoms with Crippen LogP contribution >= 0.6 is 0 Å². The highest BCUT2D eigenvalue weighted by molar-refractivity contribution is 5.65. The Morgan fingerprint density at radius 3 is 1.08 bits per heavy atom. The molecular formula is C26H18F6N2O2. The van der Waals surface area contributed by atoms with Gasteiger partial charge in [0.2, 0.25) is 11.6 Å². The van der Waals surface area contributed by atoms with Crippen molar-refractivity contribution in [1.82, 2.24) is 0 Å². The lowest BCUT2D eigenvalue weighted by molar-refractivity contribution is 0.405. The molecule has 4 aromatic rings. The Morgan fingerprint density at radius 2 is 0.778 bits per heavy atom. The maximum Gasteiger partial charge on any atom is 0.203 e. The smallest absolute Gasteiger partial charge is 0.203 e. The first-order chi connectivity index (χ1) is 17.0. The first-order valence-electron chi connectivity index (χ1n) is 10.4. The van der Waals surface area contributed by atoms with Gasteiger partial charge < -0.3 is 20.9 Å². The van der Waals surface area contributed by atoms with Gasteiger partial charge in [0.25, 0.3) is 0 Å². The van der Waals surface area contributed by atoms with Crippen LogP contribution in [0.3, 0.4) is 0 Å². The van der Waals surface area contributed by atoms with Gasteiger partial charge in [-0.05, 0) is 49.2 Å². The molecule has 0 fully saturated rings. The first-order valence-corrected chi connectivity index (χ1v) is 10.4. The molecule has 4 rings (SSSR count). The van der Waals surface area contributed by atoms with E-state index in [-0.39, 0.29) is 22.6 Å². The molecule has 186 valence electrons. The lowest BCUT2D eigenvalue weighted by Crippen LogP contribution is -2.04. The average molecular weight is 504 g/mol. The molecule has 0 aliphatic carbocycles. The highest BCUT2D eigenvalue weighted by Gasteiger charge is 2.24. The SMILES string of the molecule is Cc1c(F)c(N)c(F)c(F)c1Oc1ccc(-c2ccc(Oc3c(C)c(F)c(N)c(F)c3F)cc2)cc1. The molecule has 4 N–H and O–H groups in total. The fourth-order valence-corrected chi connectivity index (χ4v) is 3.47. The Balaban J connectivity index is 1.54. The van der Waals surface area contributed by atoms with Gasteiger partial charge >= 0.3 is 0 Å². The zero-order valence-electron chi connectivity index (χ0n) is 18.9. The van der Waals surface area contributed by atoms with Gasteiger partial charge in [-0.15, -0.1) is 0 Å². The van der Waals surface area contributed by atoms with E-state index in [1.165, 1.54) is 38.1 Å². The molecule has 0 heterocycles. The van der Waals surface area contributed by atoms with Crippen LogP contribution in [0, 0.1) is 48.8 Å². The third kappa shape index (κ3) is 4.26.